The molecule has 6 nitrogen and oxygen atoms in total. The van der Waals surface area contributed by atoms with E-state index in [0.29, 0.717) is 29.1 Å². The van der Waals surface area contributed by atoms with Gasteiger partial charge in [0, 0.05) is 0 Å². The molecule has 1 aliphatic rings. The minimum absolute atomic E-state index is 0.0573. The molecular weight excluding hydrogens is 532 g/mol. The number of fused-ring (bicyclic) bond motifs is 1. The van der Waals surface area contributed by atoms with Gasteiger partial charge in [-0.05, 0) is 77.2 Å². The molecular formula is C24H23BrF4N4O2. The molecule has 35 heavy (non-hydrogen) atoms. The summed E-state index contributed by atoms with van der Waals surface area (Å²) < 4.78 is 62.8. The fourth-order valence-corrected chi connectivity index (χ4v) is 4.68. The number of rotatable bonds is 5. The van der Waals surface area contributed by atoms with Crippen molar-refractivity contribution < 1.29 is 27.1 Å². The van der Waals surface area contributed by atoms with E-state index in [0.717, 1.165) is 9.37 Å². The van der Waals surface area contributed by atoms with E-state index in [4.69, 9.17) is 4.74 Å². The molecule has 2 heterocycles. The molecule has 0 radical (unpaired) electrons. The number of carbonyl (C=O) groups excluding carboxylic acids is 1. The number of hydrogen-bond donors (Lipinski definition) is 1. The Hall–Kier alpha value is -3.08. The Morgan fingerprint density at radius 3 is 2.60 bits per heavy atom. The third kappa shape index (κ3) is 5.00. The lowest BCUT2D eigenvalue weighted by Crippen LogP contribution is -2.55. The van der Waals surface area contributed by atoms with E-state index >= 15 is 0 Å². The lowest BCUT2D eigenvalue weighted by Gasteiger charge is -2.37. The molecule has 4 rings (SSSR count). The summed E-state index contributed by atoms with van der Waals surface area (Å²) >= 11 is 3.37. The van der Waals surface area contributed by atoms with Crippen molar-refractivity contribution in [3.05, 3.63) is 70.2 Å². The van der Waals surface area contributed by atoms with Crippen LogP contribution in [-0.4, -0.2) is 35.1 Å². The molecule has 186 valence electrons. The molecule has 2 atom stereocenters. The lowest BCUT2D eigenvalue weighted by molar-refractivity contribution is -0.149. The smallest absolute Gasteiger partial charge is 0.409 e. The number of ether oxygens (including phenoxy) is 1. The maximum atomic E-state index is 14.0. The number of hydrogen-bond acceptors (Lipinski definition) is 3. The van der Waals surface area contributed by atoms with Crippen LogP contribution in [-0.2, 0) is 6.42 Å². The number of amides is 2. The van der Waals surface area contributed by atoms with Crippen LogP contribution >= 0.6 is 15.9 Å². The third-order valence-corrected chi connectivity index (χ3v) is 6.68. The first-order chi connectivity index (χ1) is 16.6. The van der Waals surface area contributed by atoms with Crippen LogP contribution in [0.1, 0.15) is 37.1 Å². The van der Waals surface area contributed by atoms with E-state index in [1.165, 1.54) is 42.3 Å². The topological polar surface area (TPSA) is 59.4 Å². The predicted molar refractivity (Wildman–Crippen MR) is 126 cm³/mol. The molecule has 0 aliphatic carbocycles. The standard InChI is InChI=1S/C24H23BrF4N4O2/c1-3-18(14-4-9-17(25)21(12-14)35-2)31-23(34)32-20-13-30-33(16-7-5-15(26)6-8-16)19(20)10-11-22(32)24(27,28)29/h4-9,12-13,18,22H,3,10-11H2,1-2H3,(H,31,34)/t18-,22-/m0/s1. The van der Waals surface area contributed by atoms with Crippen molar-refractivity contribution in [3.63, 3.8) is 0 Å². The van der Waals surface area contributed by atoms with Crippen LogP contribution in [0.15, 0.2) is 53.1 Å². The molecule has 0 saturated carbocycles. The Balaban J connectivity index is 1.69. The number of nitrogens with one attached hydrogen (secondary N) is 1. The highest BCUT2D eigenvalue weighted by atomic mass is 79.9. The van der Waals surface area contributed by atoms with Crippen molar-refractivity contribution >= 4 is 27.6 Å². The summed E-state index contributed by atoms with van der Waals surface area (Å²) in [6.45, 7) is 1.83. The molecule has 1 aromatic heterocycles. The normalized spacial score (nSPS) is 16.5. The summed E-state index contributed by atoms with van der Waals surface area (Å²) in [7, 11) is 1.51. The number of aromatic nitrogens is 2. The van der Waals surface area contributed by atoms with Gasteiger partial charge in [-0.25, -0.2) is 13.9 Å². The lowest BCUT2D eigenvalue weighted by atomic mass is 10.00. The molecule has 11 heteroatoms. The van der Waals surface area contributed by atoms with Gasteiger partial charge < -0.3 is 10.1 Å². The number of benzene rings is 2. The van der Waals surface area contributed by atoms with Gasteiger partial charge in [-0.3, -0.25) is 4.90 Å². The van der Waals surface area contributed by atoms with E-state index in [9.17, 15) is 22.4 Å². The highest BCUT2D eigenvalue weighted by molar-refractivity contribution is 9.10. The Kier molecular flexibility index (Phi) is 7.07. The van der Waals surface area contributed by atoms with Crippen LogP contribution in [0.3, 0.4) is 0 Å². The number of nitrogens with zero attached hydrogens (tertiary/aromatic N) is 3. The van der Waals surface area contributed by atoms with Gasteiger partial charge in [0.05, 0.1) is 40.9 Å². The van der Waals surface area contributed by atoms with Gasteiger partial charge in [-0.15, -0.1) is 0 Å². The monoisotopic (exact) mass is 554 g/mol. The molecule has 0 saturated heterocycles. The molecule has 0 spiro atoms. The van der Waals surface area contributed by atoms with Gasteiger partial charge in [-0.2, -0.15) is 18.3 Å². The van der Waals surface area contributed by atoms with E-state index in [1.807, 2.05) is 6.92 Å². The van der Waals surface area contributed by atoms with Crippen molar-refractivity contribution in [2.45, 2.75) is 44.4 Å². The van der Waals surface area contributed by atoms with Gasteiger partial charge in [0.1, 0.15) is 17.6 Å². The first-order valence-corrected chi connectivity index (χ1v) is 11.8. The fraction of sp³-hybridized carbons (Fsp3) is 0.333. The molecule has 2 amide bonds. The first-order valence-electron chi connectivity index (χ1n) is 11.0. The van der Waals surface area contributed by atoms with E-state index < -0.39 is 30.1 Å². The Bertz CT molecular complexity index is 1210. The molecule has 1 aliphatic heterocycles. The number of anilines is 1. The maximum Gasteiger partial charge on any atom is 0.409 e. The summed E-state index contributed by atoms with van der Waals surface area (Å²) in [6, 6.07) is 7.29. The van der Waals surface area contributed by atoms with Crippen molar-refractivity contribution in [1.82, 2.24) is 15.1 Å². The second-order valence-electron chi connectivity index (χ2n) is 8.14. The number of carbonyl (C=O) groups is 1. The molecule has 0 bridgehead atoms. The summed E-state index contributed by atoms with van der Waals surface area (Å²) in [6.07, 6.45) is -3.19. The average Bonchev–Trinajstić information content (AvgIpc) is 3.26. The van der Waals surface area contributed by atoms with E-state index in [-0.39, 0.29) is 18.5 Å². The van der Waals surface area contributed by atoms with Gasteiger partial charge in [-0.1, -0.05) is 13.0 Å². The Labute approximate surface area is 208 Å². The average molecular weight is 555 g/mol. The van der Waals surface area contributed by atoms with Crippen LogP contribution in [0, 0.1) is 5.82 Å². The molecule has 2 aromatic carbocycles. The largest absolute Gasteiger partial charge is 0.496 e. The SMILES string of the molecule is CC[C@H](NC(=O)N1c2cnn(-c3ccc(F)cc3)c2CC[C@H]1C(F)(F)F)c1ccc(Br)c(OC)c1. The van der Waals surface area contributed by atoms with Gasteiger partial charge in [0.2, 0.25) is 0 Å². The van der Waals surface area contributed by atoms with E-state index in [1.54, 1.807) is 18.2 Å². The van der Waals surface area contributed by atoms with Gasteiger partial charge in [0.15, 0.2) is 0 Å². The van der Waals surface area contributed by atoms with Crippen molar-refractivity contribution in [1.29, 1.82) is 0 Å². The summed E-state index contributed by atoms with van der Waals surface area (Å²) in [4.78, 5) is 14.1. The van der Waals surface area contributed by atoms with E-state index in [2.05, 4.69) is 26.3 Å². The highest BCUT2D eigenvalue weighted by Crippen LogP contribution is 2.39. The van der Waals surface area contributed by atoms with Crippen LogP contribution in [0.4, 0.5) is 28.0 Å². The van der Waals surface area contributed by atoms with Crippen LogP contribution in [0.25, 0.3) is 5.69 Å². The minimum atomic E-state index is -4.63. The number of methoxy groups -OCH3 is 1. The highest BCUT2D eigenvalue weighted by Gasteiger charge is 2.49. The Morgan fingerprint density at radius 2 is 1.97 bits per heavy atom. The van der Waals surface area contributed by atoms with Crippen molar-refractivity contribution in [2.75, 3.05) is 12.0 Å². The van der Waals surface area contributed by atoms with Crippen LogP contribution < -0.4 is 15.0 Å². The Morgan fingerprint density at radius 1 is 1.26 bits per heavy atom. The molecule has 0 unspecified atom stereocenters. The maximum absolute atomic E-state index is 14.0. The second-order valence-corrected chi connectivity index (χ2v) is 8.99. The van der Waals surface area contributed by atoms with Crippen molar-refractivity contribution in [3.8, 4) is 11.4 Å². The molecule has 0 fully saturated rings. The van der Waals surface area contributed by atoms with Crippen molar-refractivity contribution in [2.24, 2.45) is 0 Å². The number of alkyl halides is 3. The zero-order valence-corrected chi connectivity index (χ0v) is 20.5. The fourth-order valence-electron chi connectivity index (χ4n) is 4.27. The summed E-state index contributed by atoms with van der Waals surface area (Å²) in [5.41, 5.74) is 1.71. The van der Waals surface area contributed by atoms with Gasteiger partial charge in [0.25, 0.3) is 0 Å². The zero-order chi connectivity index (χ0) is 25.3. The zero-order valence-electron chi connectivity index (χ0n) is 18.9. The second kappa shape index (κ2) is 9.88. The van der Waals surface area contributed by atoms with Crippen LogP contribution in [0.5, 0.6) is 5.75 Å². The summed E-state index contributed by atoms with van der Waals surface area (Å²) in [5.74, 6) is 0.104. The number of urea groups is 1. The first kappa shape index (κ1) is 25.0. The van der Waals surface area contributed by atoms with Gasteiger partial charge >= 0.3 is 12.2 Å². The molecule has 1 N–H and O–H groups in total. The quantitative estimate of drug-likeness (QED) is 0.375. The predicted octanol–water partition coefficient (Wildman–Crippen LogP) is 6.33. The number of halogens is 5. The molecule has 3 aromatic rings. The minimum Gasteiger partial charge on any atom is -0.496 e. The third-order valence-electron chi connectivity index (χ3n) is 6.02. The van der Waals surface area contributed by atoms with Crippen LogP contribution in [0.2, 0.25) is 0 Å². The summed E-state index contributed by atoms with van der Waals surface area (Å²) in [5, 5.41) is 6.97.